The highest BCUT2D eigenvalue weighted by molar-refractivity contribution is 4.94. The molecule has 0 aliphatic carbocycles. The van der Waals surface area contributed by atoms with Crippen LogP contribution < -0.4 is 11.1 Å². The number of nitrogens with one attached hydrogen (secondary N) is 1. The molecule has 0 bridgehead atoms. The van der Waals surface area contributed by atoms with Crippen LogP contribution in [0.25, 0.3) is 0 Å². The van der Waals surface area contributed by atoms with Crippen molar-refractivity contribution >= 4 is 0 Å². The predicted molar refractivity (Wildman–Crippen MR) is 52.2 cm³/mol. The SMILES string of the molecule is CCNC1(CN)CCCN(C)C1. The number of rotatable bonds is 3. The molecule has 0 aromatic carbocycles. The first-order valence-corrected chi connectivity index (χ1v) is 4.86. The average molecular weight is 171 g/mol. The lowest BCUT2D eigenvalue weighted by molar-refractivity contribution is 0.152. The summed E-state index contributed by atoms with van der Waals surface area (Å²) in [4.78, 5) is 2.36. The maximum Gasteiger partial charge on any atom is 0.0432 e. The monoisotopic (exact) mass is 171 g/mol. The lowest BCUT2D eigenvalue weighted by atomic mass is 9.89. The van der Waals surface area contributed by atoms with Gasteiger partial charge in [-0.2, -0.15) is 0 Å². The number of nitrogens with two attached hydrogens (primary N) is 1. The molecule has 0 aromatic rings. The lowest BCUT2D eigenvalue weighted by Crippen LogP contribution is -2.60. The van der Waals surface area contributed by atoms with E-state index in [1.165, 1.54) is 19.4 Å². The molecule has 1 atom stereocenters. The maximum atomic E-state index is 5.80. The van der Waals surface area contributed by atoms with Gasteiger partial charge in [0, 0.05) is 18.6 Å². The molecule has 3 nitrogen and oxygen atoms in total. The van der Waals surface area contributed by atoms with Crippen LogP contribution in [0.2, 0.25) is 0 Å². The van der Waals surface area contributed by atoms with Crippen molar-refractivity contribution in [2.24, 2.45) is 5.73 Å². The number of likely N-dealkylation sites (tertiary alicyclic amines) is 1. The van der Waals surface area contributed by atoms with Crippen molar-refractivity contribution in [2.75, 3.05) is 33.2 Å². The predicted octanol–water partition coefficient (Wildman–Crippen LogP) is 0.0190. The quantitative estimate of drug-likeness (QED) is 0.629. The molecule has 72 valence electrons. The van der Waals surface area contributed by atoms with E-state index >= 15 is 0 Å². The Labute approximate surface area is 75.3 Å². The molecule has 1 heterocycles. The summed E-state index contributed by atoms with van der Waals surface area (Å²) in [5.41, 5.74) is 5.99. The number of hydrogen-bond donors (Lipinski definition) is 2. The zero-order valence-corrected chi connectivity index (χ0v) is 8.27. The van der Waals surface area contributed by atoms with Gasteiger partial charge in [-0.25, -0.2) is 0 Å². The minimum Gasteiger partial charge on any atom is -0.329 e. The third kappa shape index (κ3) is 2.19. The van der Waals surface area contributed by atoms with Gasteiger partial charge in [0.15, 0.2) is 0 Å². The molecular weight excluding hydrogens is 150 g/mol. The van der Waals surface area contributed by atoms with E-state index in [0.717, 1.165) is 19.6 Å². The van der Waals surface area contributed by atoms with Gasteiger partial charge in [-0.3, -0.25) is 0 Å². The first-order valence-electron chi connectivity index (χ1n) is 4.86. The van der Waals surface area contributed by atoms with Crippen LogP contribution in [0.3, 0.4) is 0 Å². The Morgan fingerprint density at radius 2 is 2.33 bits per heavy atom. The van der Waals surface area contributed by atoms with E-state index < -0.39 is 0 Å². The molecule has 0 aromatic heterocycles. The molecule has 0 amide bonds. The van der Waals surface area contributed by atoms with Crippen LogP contribution in [0.5, 0.6) is 0 Å². The Bertz CT molecular complexity index is 134. The molecule has 0 radical (unpaired) electrons. The Morgan fingerprint density at radius 3 is 2.83 bits per heavy atom. The lowest BCUT2D eigenvalue weighted by Gasteiger charge is -2.41. The molecule has 12 heavy (non-hydrogen) atoms. The van der Waals surface area contributed by atoms with E-state index in [0.29, 0.717) is 0 Å². The van der Waals surface area contributed by atoms with E-state index in [4.69, 9.17) is 5.73 Å². The van der Waals surface area contributed by atoms with Gasteiger partial charge in [0.25, 0.3) is 0 Å². The van der Waals surface area contributed by atoms with Gasteiger partial charge < -0.3 is 16.0 Å². The van der Waals surface area contributed by atoms with Crippen molar-refractivity contribution in [1.82, 2.24) is 10.2 Å². The van der Waals surface area contributed by atoms with Crippen molar-refractivity contribution in [1.29, 1.82) is 0 Å². The smallest absolute Gasteiger partial charge is 0.0432 e. The molecule has 1 aliphatic heterocycles. The number of nitrogens with zero attached hydrogens (tertiary/aromatic N) is 1. The van der Waals surface area contributed by atoms with Crippen molar-refractivity contribution in [3.05, 3.63) is 0 Å². The van der Waals surface area contributed by atoms with Crippen LogP contribution >= 0.6 is 0 Å². The van der Waals surface area contributed by atoms with E-state index in [1.807, 2.05) is 0 Å². The van der Waals surface area contributed by atoms with Gasteiger partial charge >= 0.3 is 0 Å². The zero-order chi connectivity index (χ0) is 9.03. The Kier molecular flexibility index (Phi) is 3.50. The summed E-state index contributed by atoms with van der Waals surface area (Å²) in [7, 11) is 2.17. The number of piperidine rings is 1. The molecule has 3 heteroatoms. The summed E-state index contributed by atoms with van der Waals surface area (Å²) in [5.74, 6) is 0. The second-order valence-electron chi connectivity index (χ2n) is 3.86. The molecule has 1 rings (SSSR count). The van der Waals surface area contributed by atoms with Gasteiger partial charge in [-0.05, 0) is 33.0 Å². The zero-order valence-electron chi connectivity index (χ0n) is 8.27. The van der Waals surface area contributed by atoms with Gasteiger partial charge in [0.2, 0.25) is 0 Å². The standard InChI is InChI=1S/C9H21N3/c1-3-11-9(7-10)5-4-6-12(2)8-9/h11H,3-8,10H2,1-2H3. The average Bonchev–Trinajstić information content (AvgIpc) is 2.05. The molecule has 1 fully saturated rings. The summed E-state index contributed by atoms with van der Waals surface area (Å²) in [6, 6.07) is 0. The fourth-order valence-corrected chi connectivity index (χ4v) is 2.12. The van der Waals surface area contributed by atoms with Crippen LogP contribution in [0.15, 0.2) is 0 Å². The van der Waals surface area contributed by atoms with Crippen LogP contribution in [-0.2, 0) is 0 Å². The third-order valence-electron chi connectivity index (χ3n) is 2.71. The second-order valence-corrected chi connectivity index (χ2v) is 3.86. The summed E-state index contributed by atoms with van der Waals surface area (Å²) in [6.07, 6.45) is 2.49. The third-order valence-corrected chi connectivity index (χ3v) is 2.71. The van der Waals surface area contributed by atoms with Gasteiger partial charge in [-0.1, -0.05) is 6.92 Å². The fourth-order valence-electron chi connectivity index (χ4n) is 2.12. The van der Waals surface area contributed by atoms with Crippen molar-refractivity contribution < 1.29 is 0 Å². The summed E-state index contributed by atoms with van der Waals surface area (Å²) in [5, 5.41) is 3.51. The molecule has 3 N–H and O–H groups in total. The van der Waals surface area contributed by atoms with Crippen LogP contribution in [0.4, 0.5) is 0 Å². The van der Waals surface area contributed by atoms with Crippen molar-refractivity contribution in [2.45, 2.75) is 25.3 Å². The van der Waals surface area contributed by atoms with E-state index in [1.54, 1.807) is 0 Å². The highest BCUT2D eigenvalue weighted by Crippen LogP contribution is 2.18. The molecule has 1 saturated heterocycles. The minimum absolute atomic E-state index is 0.196. The first-order chi connectivity index (χ1) is 5.72. The van der Waals surface area contributed by atoms with Crippen molar-refractivity contribution in [3.8, 4) is 0 Å². The highest BCUT2D eigenvalue weighted by atomic mass is 15.2. The minimum atomic E-state index is 0.196. The largest absolute Gasteiger partial charge is 0.329 e. The van der Waals surface area contributed by atoms with Crippen LogP contribution in [0, 0.1) is 0 Å². The van der Waals surface area contributed by atoms with Crippen LogP contribution in [0.1, 0.15) is 19.8 Å². The Balaban J connectivity index is 2.51. The molecule has 1 aliphatic rings. The fraction of sp³-hybridized carbons (Fsp3) is 1.00. The van der Waals surface area contributed by atoms with E-state index in [9.17, 15) is 0 Å². The van der Waals surface area contributed by atoms with Gasteiger partial charge in [-0.15, -0.1) is 0 Å². The summed E-state index contributed by atoms with van der Waals surface area (Å²) in [6.45, 7) is 6.23. The molecule has 0 spiro atoms. The summed E-state index contributed by atoms with van der Waals surface area (Å²) < 4.78 is 0. The molecular formula is C9H21N3. The first kappa shape index (κ1) is 9.96. The number of hydrogen-bond acceptors (Lipinski definition) is 3. The topological polar surface area (TPSA) is 41.3 Å². The highest BCUT2D eigenvalue weighted by Gasteiger charge is 2.31. The van der Waals surface area contributed by atoms with Crippen LogP contribution in [-0.4, -0.2) is 43.7 Å². The molecule has 1 unspecified atom stereocenters. The van der Waals surface area contributed by atoms with E-state index in [-0.39, 0.29) is 5.54 Å². The Hall–Kier alpha value is -0.120. The normalized spacial score (nSPS) is 32.2. The summed E-state index contributed by atoms with van der Waals surface area (Å²) >= 11 is 0. The van der Waals surface area contributed by atoms with Gasteiger partial charge in [0.1, 0.15) is 0 Å². The van der Waals surface area contributed by atoms with E-state index in [2.05, 4.69) is 24.2 Å². The number of likely N-dealkylation sites (N-methyl/N-ethyl adjacent to an activating group) is 2. The molecule has 0 saturated carbocycles. The van der Waals surface area contributed by atoms with Gasteiger partial charge in [0.05, 0.1) is 0 Å². The Morgan fingerprint density at radius 1 is 1.58 bits per heavy atom. The maximum absolute atomic E-state index is 5.80. The van der Waals surface area contributed by atoms with Crippen molar-refractivity contribution in [3.63, 3.8) is 0 Å². The second kappa shape index (κ2) is 4.21.